The van der Waals surface area contributed by atoms with Crippen molar-refractivity contribution >= 4 is 17.7 Å². The van der Waals surface area contributed by atoms with E-state index >= 15 is 0 Å². The van der Waals surface area contributed by atoms with E-state index in [1.54, 1.807) is 13.3 Å². The van der Waals surface area contributed by atoms with Crippen molar-refractivity contribution in [3.05, 3.63) is 36.2 Å². The maximum Gasteiger partial charge on any atom is 0.303 e. The van der Waals surface area contributed by atoms with Crippen LogP contribution >= 0.6 is 11.8 Å². The second kappa shape index (κ2) is 7.08. The van der Waals surface area contributed by atoms with E-state index in [9.17, 15) is 4.79 Å². The smallest absolute Gasteiger partial charge is 0.303 e. The zero-order valence-corrected chi connectivity index (χ0v) is 12.9. The number of aromatic nitrogens is 2. The summed E-state index contributed by atoms with van der Waals surface area (Å²) in [6, 6.07) is 7.45. The quantitative estimate of drug-likeness (QED) is 0.625. The van der Waals surface area contributed by atoms with Gasteiger partial charge in [-0.05, 0) is 18.4 Å². The Morgan fingerprint density at radius 3 is 2.71 bits per heavy atom. The van der Waals surface area contributed by atoms with Crippen LogP contribution in [0.4, 0.5) is 0 Å². The molecule has 0 bridgehead atoms. The van der Waals surface area contributed by atoms with Gasteiger partial charge in [-0.25, -0.2) is 4.98 Å². The topological polar surface area (TPSA) is 61.3 Å². The van der Waals surface area contributed by atoms with Crippen molar-refractivity contribution in [1.29, 1.82) is 0 Å². The zero-order valence-electron chi connectivity index (χ0n) is 12.1. The fourth-order valence-corrected chi connectivity index (χ4v) is 2.53. The van der Waals surface area contributed by atoms with Crippen LogP contribution in [0.5, 0.6) is 5.75 Å². The van der Waals surface area contributed by atoms with Gasteiger partial charge in [0, 0.05) is 19.2 Å². The molecule has 21 heavy (non-hydrogen) atoms. The van der Waals surface area contributed by atoms with Gasteiger partial charge in [-0.15, -0.1) is 11.8 Å². The van der Waals surface area contributed by atoms with Crippen molar-refractivity contribution in [2.24, 2.45) is 0 Å². The lowest BCUT2D eigenvalue weighted by Crippen LogP contribution is -2.05. The molecule has 0 N–H and O–H groups in total. The van der Waals surface area contributed by atoms with Crippen LogP contribution in [0.25, 0.3) is 11.4 Å². The maximum absolute atomic E-state index is 11.0. The highest BCUT2D eigenvalue weighted by molar-refractivity contribution is 7.98. The van der Waals surface area contributed by atoms with Crippen molar-refractivity contribution in [1.82, 2.24) is 9.97 Å². The molecule has 6 heteroatoms. The van der Waals surface area contributed by atoms with Gasteiger partial charge in [0.1, 0.15) is 12.4 Å². The van der Waals surface area contributed by atoms with Crippen molar-refractivity contribution in [3.8, 4) is 17.1 Å². The van der Waals surface area contributed by atoms with Gasteiger partial charge in [0.05, 0.1) is 29.1 Å². The van der Waals surface area contributed by atoms with Gasteiger partial charge >= 0.3 is 5.97 Å². The molecule has 0 saturated heterocycles. The Hall–Kier alpha value is -2.08. The Labute approximate surface area is 127 Å². The van der Waals surface area contributed by atoms with Crippen molar-refractivity contribution < 1.29 is 14.3 Å². The van der Waals surface area contributed by atoms with Crippen LogP contribution in [0.1, 0.15) is 12.6 Å². The first kappa shape index (κ1) is 15.3. The van der Waals surface area contributed by atoms with Crippen molar-refractivity contribution in [2.75, 3.05) is 13.4 Å². The third-order valence-electron chi connectivity index (χ3n) is 2.77. The zero-order chi connectivity index (χ0) is 15.2. The van der Waals surface area contributed by atoms with Crippen molar-refractivity contribution in [2.45, 2.75) is 18.4 Å². The summed E-state index contributed by atoms with van der Waals surface area (Å²) in [6.45, 7) is 1.49. The fourth-order valence-electron chi connectivity index (χ4n) is 1.84. The lowest BCUT2D eigenvalue weighted by Gasteiger charge is -2.13. The van der Waals surface area contributed by atoms with Crippen LogP contribution in [0.3, 0.4) is 0 Å². The normalized spacial score (nSPS) is 10.2. The van der Waals surface area contributed by atoms with Crippen LogP contribution in [-0.2, 0) is 16.1 Å². The second-order valence-corrected chi connectivity index (χ2v) is 5.00. The highest BCUT2D eigenvalue weighted by Crippen LogP contribution is 2.33. The van der Waals surface area contributed by atoms with Gasteiger partial charge in [0.2, 0.25) is 0 Å². The molecule has 0 radical (unpaired) electrons. The largest absolute Gasteiger partial charge is 0.495 e. The average molecular weight is 304 g/mol. The van der Waals surface area contributed by atoms with Gasteiger partial charge in [-0.3, -0.25) is 9.78 Å². The van der Waals surface area contributed by atoms with E-state index in [-0.39, 0.29) is 12.6 Å². The van der Waals surface area contributed by atoms with E-state index in [0.29, 0.717) is 17.1 Å². The summed E-state index contributed by atoms with van der Waals surface area (Å²) >= 11 is 1.50. The molecule has 110 valence electrons. The highest BCUT2D eigenvalue weighted by Gasteiger charge is 2.15. The molecule has 0 amide bonds. The fraction of sp³-hybridized carbons (Fsp3) is 0.267. The molecule has 2 aromatic rings. The van der Waals surface area contributed by atoms with Gasteiger partial charge in [0.25, 0.3) is 0 Å². The molecule has 0 unspecified atom stereocenters. The Morgan fingerprint density at radius 2 is 2.14 bits per heavy atom. The summed E-state index contributed by atoms with van der Waals surface area (Å²) in [5, 5.41) is 0. The van der Waals surface area contributed by atoms with E-state index in [0.717, 1.165) is 10.6 Å². The number of hydrogen-bond donors (Lipinski definition) is 0. The standard InChI is InChI=1S/C15H16N2O3S/c1-10(18)20-9-13-15(21-3)14(19-2)8-12(17-13)11-6-4-5-7-16-11/h4-8H,9H2,1-3H3. The number of carbonyl (C=O) groups is 1. The predicted octanol–water partition coefficient (Wildman–Crippen LogP) is 2.94. The van der Waals surface area contributed by atoms with E-state index in [1.807, 2.05) is 30.5 Å². The summed E-state index contributed by atoms with van der Waals surface area (Å²) in [6.07, 6.45) is 3.63. The molecule has 0 aliphatic heterocycles. The van der Waals surface area contributed by atoms with Gasteiger partial charge in [0.15, 0.2) is 0 Å². The Morgan fingerprint density at radius 1 is 1.33 bits per heavy atom. The molecule has 2 rings (SSSR count). The Bertz CT molecular complexity index is 632. The van der Waals surface area contributed by atoms with Crippen LogP contribution < -0.4 is 4.74 Å². The Balaban J connectivity index is 2.48. The molecule has 0 atom stereocenters. The SMILES string of the molecule is COc1cc(-c2ccccn2)nc(COC(C)=O)c1SC. The number of esters is 1. The highest BCUT2D eigenvalue weighted by atomic mass is 32.2. The van der Waals surface area contributed by atoms with E-state index in [2.05, 4.69) is 9.97 Å². The first-order valence-electron chi connectivity index (χ1n) is 6.32. The van der Waals surface area contributed by atoms with E-state index in [1.165, 1.54) is 18.7 Å². The molecule has 0 spiro atoms. The van der Waals surface area contributed by atoms with Crippen LogP contribution in [0, 0.1) is 0 Å². The summed E-state index contributed by atoms with van der Waals surface area (Å²) in [5.41, 5.74) is 2.10. The summed E-state index contributed by atoms with van der Waals surface area (Å²) in [4.78, 5) is 20.7. The van der Waals surface area contributed by atoms with Crippen LogP contribution in [0.15, 0.2) is 35.4 Å². The average Bonchev–Trinajstić information content (AvgIpc) is 2.52. The summed E-state index contributed by atoms with van der Waals surface area (Å²) in [7, 11) is 1.60. The number of pyridine rings is 2. The number of hydrogen-bond acceptors (Lipinski definition) is 6. The third kappa shape index (κ3) is 3.72. The number of thioether (sulfide) groups is 1. The first-order valence-corrected chi connectivity index (χ1v) is 7.55. The molecule has 0 aromatic carbocycles. The molecular weight excluding hydrogens is 288 g/mol. The molecule has 5 nitrogen and oxygen atoms in total. The molecule has 0 fully saturated rings. The Kier molecular flexibility index (Phi) is 5.16. The number of carbonyl (C=O) groups excluding carboxylic acids is 1. The van der Waals surface area contributed by atoms with Gasteiger partial charge in [-0.2, -0.15) is 0 Å². The lowest BCUT2D eigenvalue weighted by molar-refractivity contribution is -0.142. The number of ether oxygens (including phenoxy) is 2. The number of rotatable bonds is 5. The minimum atomic E-state index is -0.342. The summed E-state index contributed by atoms with van der Waals surface area (Å²) in [5.74, 6) is 0.353. The molecule has 0 saturated carbocycles. The van der Waals surface area contributed by atoms with Crippen molar-refractivity contribution in [3.63, 3.8) is 0 Å². The predicted molar refractivity (Wildman–Crippen MR) is 81.3 cm³/mol. The molecular formula is C15H16N2O3S. The molecule has 2 heterocycles. The first-order chi connectivity index (χ1) is 10.2. The van der Waals surface area contributed by atoms with Gasteiger partial charge < -0.3 is 9.47 Å². The molecule has 2 aromatic heterocycles. The summed E-state index contributed by atoms with van der Waals surface area (Å²) < 4.78 is 10.5. The van der Waals surface area contributed by atoms with Gasteiger partial charge in [-0.1, -0.05) is 6.07 Å². The third-order valence-corrected chi connectivity index (χ3v) is 3.62. The minimum absolute atomic E-state index is 0.114. The molecule has 0 aliphatic rings. The minimum Gasteiger partial charge on any atom is -0.495 e. The number of methoxy groups -OCH3 is 1. The van der Waals surface area contributed by atoms with Crippen LogP contribution in [0.2, 0.25) is 0 Å². The second-order valence-electron chi connectivity index (χ2n) is 4.18. The molecule has 0 aliphatic carbocycles. The maximum atomic E-state index is 11.0. The monoisotopic (exact) mass is 304 g/mol. The van der Waals surface area contributed by atoms with E-state index < -0.39 is 0 Å². The van der Waals surface area contributed by atoms with Crippen LogP contribution in [-0.4, -0.2) is 29.3 Å². The van der Waals surface area contributed by atoms with E-state index in [4.69, 9.17) is 9.47 Å². The lowest BCUT2D eigenvalue weighted by atomic mass is 10.2. The number of nitrogens with zero attached hydrogens (tertiary/aromatic N) is 2.